The number of carboxylic acid groups (broad SMARTS) is 1. The van der Waals surface area contributed by atoms with Crippen molar-refractivity contribution in [2.75, 3.05) is 13.1 Å². The predicted molar refractivity (Wildman–Crippen MR) is 145 cm³/mol. The van der Waals surface area contributed by atoms with E-state index < -0.39 is 41.3 Å². The Morgan fingerprint density at radius 3 is 2.20 bits per heavy atom. The van der Waals surface area contributed by atoms with Crippen LogP contribution in [0.25, 0.3) is 0 Å². The molecule has 1 amide bonds. The summed E-state index contributed by atoms with van der Waals surface area (Å²) < 4.78 is 44.3. The first-order valence-corrected chi connectivity index (χ1v) is 14.5. The molecule has 2 saturated carbocycles. The molecule has 0 aromatic carbocycles. The summed E-state index contributed by atoms with van der Waals surface area (Å²) in [4.78, 5) is 30.6. The average molecular weight is 604 g/mol. The Kier molecular flexibility index (Phi) is 9.39. The van der Waals surface area contributed by atoms with Crippen molar-refractivity contribution >= 4 is 35.1 Å². The third-order valence-corrected chi connectivity index (χ3v) is 9.15. The third kappa shape index (κ3) is 7.11. The minimum atomic E-state index is -4.82. The van der Waals surface area contributed by atoms with E-state index in [-0.39, 0.29) is 50.0 Å². The molecule has 0 atom stereocenters. The van der Waals surface area contributed by atoms with Crippen LogP contribution in [0, 0.1) is 17.3 Å². The summed E-state index contributed by atoms with van der Waals surface area (Å²) in [7, 11) is 0. The molecule has 2 fully saturated rings. The molecule has 0 bridgehead atoms. The number of carbonyl (C=O) groups is 2. The number of aromatic nitrogens is 3. The van der Waals surface area contributed by atoms with E-state index in [0.29, 0.717) is 22.2 Å². The minimum absolute atomic E-state index is 0.133. The van der Waals surface area contributed by atoms with Crippen molar-refractivity contribution in [3.63, 3.8) is 0 Å². The van der Waals surface area contributed by atoms with Crippen LogP contribution in [-0.2, 0) is 17.4 Å². The van der Waals surface area contributed by atoms with Gasteiger partial charge < -0.3 is 10.0 Å². The lowest BCUT2D eigenvalue weighted by molar-refractivity contribution is -0.147. The van der Waals surface area contributed by atoms with Crippen LogP contribution in [0.5, 0.6) is 0 Å². The van der Waals surface area contributed by atoms with E-state index in [1.165, 1.54) is 17.3 Å². The second-order valence-electron chi connectivity index (χ2n) is 11.9. The van der Waals surface area contributed by atoms with Crippen LogP contribution < -0.4 is 0 Å². The fourth-order valence-corrected chi connectivity index (χ4v) is 6.52. The maximum atomic E-state index is 14.5. The molecular weight excluding hydrogens is 568 g/mol. The molecule has 0 spiro atoms. The Balaban J connectivity index is 1.61. The standard InChI is InChI=1S/C28H35Cl2F3N4O3/c1-27(2)10-7-17(8-11-27)16-36(12-9-20-22(29)14-34-15-23(20)30)25(38)21-13-35-37(24(21)28(31,32)33)19-5-3-18(4-6-19)26(39)40/h13-15,17-19H,3-12,16H2,1-2H3,(H,39,40). The monoisotopic (exact) mass is 602 g/mol. The van der Waals surface area contributed by atoms with Crippen molar-refractivity contribution in [2.24, 2.45) is 17.3 Å². The van der Waals surface area contributed by atoms with Gasteiger partial charge in [0.2, 0.25) is 0 Å². The molecule has 0 saturated heterocycles. The molecule has 1 N–H and O–H groups in total. The van der Waals surface area contributed by atoms with Gasteiger partial charge in [-0.05, 0) is 74.7 Å². The molecule has 7 nitrogen and oxygen atoms in total. The number of rotatable bonds is 8. The van der Waals surface area contributed by atoms with Gasteiger partial charge >= 0.3 is 12.1 Å². The van der Waals surface area contributed by atoms with Crippen LogP contribution in [0.1, 0.15) is 92.9 Å². The van der Waals surface area contributed by atoms with E-state index in [9.17, 15) is 27.9 Å². The van der Waals surface area contributed by atoms with Gasteiger partial charge in [-0.25, -0.2) is 0 Å². The summed E-state index contributed by atoms with van der Waals surface area (Å²) in [6.45, 7) is 4.86. The predicted octanol–water partition coefficient (Wildman–Crippen LogP) is 7.32. The topological polar surface area (TPSA) is 88.3 Å². The first-order valence-electron chi connectivity index (χ1n) is 13.7. The van der Waals surface area contributed by atoms with Gasteiger partial charge in [0.1, 0.15) is 0 Å². The summed E-state index contributed by atoms with van der Waals surface area (Å²) in [6.07, 6.45) is 4.09. The summed E-state index contributed by atoms with van der Waals surface area (Å²) in [5, 5.41) is 14.0. The first kappa shape index (κ1) is 30.6. The van der Waals surface area contributed by atoms with Crippen LogP contribution in [0.3, 0.4) is 0 Å². The van der Waals surface area contributed by atoms with E-state index in [0.717, 1.165) is 36.6 Å². The van der Waals surface area contributed by atoms with E-state index in [1.54, 1.807) is 0 Å². The molecule has 40 heavy (non-hydrogen) atoms. The Morgan fingerprint density at radius 2 is 1.65 bits per heavy atom. The van der Waals surface area contributed by atoms with E-state index >= 15 is 0 Å². The highest BCUT2D eigenvalue weighted by Crippen LogP contribution is 2.41. The van der Waals surface area contributed by atoms with Crippen molar-refractivity contribution in [1.29, 1.82) is 0 Å². The smallest absolute Gasteiger partial charge is 0.433 e. The number of hydrogen-bond acceptors (Lipinski definition) is 4. The summed E-state index contributed by atoms with van der Waals surface area (Å²) in [6, 6.07) is -0.628. The van der Waals surface area contributed by atoms with Gasteiger partial charge in [0.15, 0.2) is 5.69 Å². The Bertz CT molecular complexity index is 1200. The van der Waals surface area contributed by atoms with Gasteiger partial charge in [-0.3, -0.25) is 19.3 Å². The number of carboxylic acids is 1. The lowest BCUT2D eigenvalue weighted by atomic mass is 9.73. The van der Waals surface area contributed by atoms with E-state index in [2.05, 4.69) is 23.9 Å². The number of carbonyl (C=O) groups excluding carboxylic acids is 1. The number of halogens is 5. The van der Waals surface area contributed by atoms with Crippen LogP contribution in [-0.4, -0.2) is 49.7 Å². The highest BCUT2D eigenvalue weighted by molar-refractivity contribution is 6.35. The number of amides is 1. The number of pyridine rings is 1. The van der Waals surface area contributed by atoms with Crippen molar-refractivity contribution < 1.29 is 27.9 Å². The largest absolute Gasteiger partial charge is 0.481 e. The zero-order valence-corrected chi connectivity index (χ0v) is 24.2. The fourth-order valence-electron chi connectivity index (χ4n) is 5.97. The van der Waals surface area contributed by atoms with Crippen molar-refractivity contribution in [1.82, 2.24) is 19.7 Å². The molecule has 0 aliphatic heterocycles. The van der Waals surface area contributed by atoms with Gasteiger partial charge in [0, 0.05) is 25.5 Å². The highest BCUT2D eigenvalue weighted by atomic mass is 35.5. The molecule has 2 aromatic heterocycles. The molecule has 2 heterocycles. The molecule has 0 unspecified atom stereocenters. The third-order valence-electron chi connectivity index (χ3n) is 8.49. The van der Waals surface area contributed by atoms with Crippen molar-refractivity contribution in [3.05, 3.63) is 45.5 Å². The normalized spacial score (nSPS) is 21.8. The number of aliphatic carboxylic acids is 1. The van der Waals surface area contributed by atoms with E-state index in [4.69, 9.17) is 23.2 Å². The van der Waals surface area contributed by atoms with Gasteiger partial charge in [-0.15, -0.1) is 0 Å². The Morgan fingerprint density at radius 1 is 1.05 bits per heavy atom. The molecule has 220 valence electrons. The summed E-state index contributed by atoms with van der Waals surface area (Å²) in [5.41, 5.74) is -0.780. The molecule has 12 heteroatoms. The summed E-state index contributed by atoms with van der Waals surface area (Å²) >= 11 is 12.6. The molecule has 4 rings (SSSR count). The second-order valence-corrected chi connectivity index (χ2v) is 12.7. The maximum Gasteiger partial charge on any atom is 0.433 e. The number of hydrogen-bond donors (Lipinski definition) is 1. The average Bonchev–Trinajstić information content (AvgIpc) is 3.34. The lowest BCUT2D eigenvalue weighted by Gasteiger charge is -2.37. The molecule has 2 aliphatic rings. The number of alkyl halides is 3. The quantitative estimate of drug-likeness (QED) is 0.342. The molecule has 2 aliphatic carbocycles. The zero-order chi connectivity index (χ0) is 29.2. The van der Waals surface area contributed by atoms with Gasteiger partial charge in [0.25, 0.3) is 5.91 Å². The second kappa shape index (κ2) is 12.3. The van der Waals surface area contributed by atoms with Crippen LogP contribution >= 0.6 is 23.2 Å². The van der Waals surface area contributed by atoms with Gasteiger partial charge in [-0.2, -0.15) is 18.3 Å². The Hall–Kier alpha value is -2.33. The molecule has 2 aromatic rings. The molecular formula is C28H35Cl2F3N4O3. The zero-order valence-electron chi connectivity index (χ0n) is 22.7. The van der Waals surface area contributed by atoms with Crippen LogP contribution in [0.4, 0.5) is 13.2 Å². The fraction of sp³-hybridized carbons (Fsp3) is 0.643. The van der Waals surface area contributed by atoms with Gasteiger partial charge in [-0.1, -0.05) is 37.0 Å². The number of nitrogens with zero attached hydrogens (tertiary/aromatic N) is 4. The Labute approximate surface area is 242 Å². The van der Waals surface area contributed by atoms with Crippen molar-refractivity contribution in [2.45, 2.75) is 83.9 Å². The van der Waals surface area contributed by atoms with Gasteiger partial charge in [0.05, 0.1) is 33.8 Å². The van der Waals surface area contributed by atoms with Crippen LogP contribution in [0.2, 0.25) is 10.0 Å². The highest BCUT2D eigenvalue weighted by Gasteiger charge is 2.43. The summed E-state index contributed by atoms with van der Waals surface area (Å²) in [5.74, 6) is -2.09. The lowest BCUT2D eigenvalue weighted by Crippen LogP contribution is -2.39. The maximum absolute atomic E-state index is 14.5. The minimum Gasteiger partial charge on any atom is -0.481 e. The van der Waals surface area contributed by atoms with Crippen molar-refractivity contribution in [3.8, 4) is 0 Å². The first-order chi connectivity index (χ1) is 18.8. The molecule has 0 radical (unpaired) electrons. The van der Waals surface area contributed by atoms with E-state index in [1.807, 2.05) is 0 Å². The SMILES string of the molecule is CC1(C)CCC(CN(CCc2c(Cl)cncc2Cl)C(=O)c2cnn(C3CCC(C(=O)O)CC3)c2C(F)(F)F)CC1. The van der Waals surface area contributed by atoms with Crippen LogP contribution in [0.15, 0.2) is 18.6 Å².